The number of nitrogens with two attached hydrogens (primary N) is 2. The van der Waals surface area contributed by atoms with Gasteiger partial charge in [0.15, 0.2) is 17.4 Å². The van der Waals surface area contributed by atoms with Gasteiger partial charge in [-0.05, 0) is 210 Å². The summed E-state index contributed by atoms with van der Waals surface area (Å²) in [5.41, 5.74) is -12.5. The summed E-state index contributed by atoms with van der Waals surface area (Å²) in [4.78, 5) is 69.4. The van der Waals surface area contributed by atoms with Crippen molar-refractivity contribution in [2.24, 2.45) is 5.73 Å². The first-order valence-corrected chi connectivity index (χ1v) is 35.9. The van der Waals surface area contributed by atoms with Gasteiger partial charge in [0.1, 0.15) is 35.5 Å². The van der Waals surface area contributed by atoms with Crippen LogP contribution in [0.4, 0.5) is 181 Å². The largest absolute Gasteiger partial charge is 1.00 e. The fourth-order valence-corrected chi connectivity index (χ4v) is 9.26. The number of rotatable bonds is 12. The number of carbonyl (C=O) groups excluding carboxylic acids is 5. The molecule has 0 bridgehead atoms. The van der Waals surface area contributed by atoms with Crippen LogP contribution in [0.5, 0.6) is 0 Å². The van der Waals surface area contributed by atoms with E-state index in [1.807, 2.05) is 0 Å². The number of anilines is 4. The normalized spacial score (nSPS) is 12.5. The number of carboxylic acids is 1. The average Bonchev–Trinajstić information content (AvgIpc) is 0.813. The van der Waals surface area contributed by atoms with Gasteiger partial charge in [-0.1, -0.05) is 6.92 Å². The number of esters is 4. The number of hydrogen-bond donors (Lipinski definition) is 3. The molecule has 54 heteroatoms. The number of amides is 1. The molecule has 0 fully saturated rings. The first-order chi connectivity index (χ1) is 57.9. The Balaban J connectivity index is -0.000000738. The molecule has 0 saturated heterocycles. The SMILES string of the molecule is CC(C)(C)OC(=O)C(=O)OC(C)(C)C.CC(C)(C)OC(=O)Cc1cc(C(F)(F)F)cc(C(F)(F)F)c1.CCc1cc(C(F)(F)F)cc(C(F)(F)F)c1.CN(CC(=O)O)c1cc(C(F)(F)F)cc(C(F)(F)F)c1.CN(CC(=O)OC(C)(C)C)c1cc(C(F)(F)F)cc(C(F)(F)F)c1.CN(CC(N)=O)c1cc(C(F)(F)F)cc(C(F)(F)F)c1.Nc1cc(C(F)(F)F)cc(C(F)(F)F)c1.[AlH3].[H-].[Li+]. The molecule has 6 aromatic rings. The van der Waals surface area contributed by atoms with E-state index in [1.54, 1.807) is 62.3 Å². The predicted molar refractivity (Wildman–Crippen MR) is 407 cm³/mol. The van der Waals surface area contributed by atoms with Gasteiger partial charge in [0, 0.05) is 43.9 Å². The average molecular weight is 2000 g/mol. The summed E-state index contributed by atoms with van der Waals surface area (Å²) in [6.07, 6.45) is -59.3. The van der Waals surface area contributed by atoms with Crippen molar-refractivity contribution in [3.63, 3.8) is 0 Å². The number of primary amides is 1. The van der Waals surface area contributed by atoms with E-state index in [4.69, 9.17) is 35.5 Å². The number of nitrogens with zero attached hydrogens (tertiary/aromatic N) is 3. The summed E-state index contributed by atoms with van der Waals surface area (Å²) >= 11 is 0. The maximum atomic E-state index is 12.8. The van der Waals surface area contributed by atoms with Gasteiger partial charge >= 0.3 is 123 Å². The van der Waals surface area contributed by atoms with Crippen LogP contribution in [-0.2, 0) is 135 Å². The van der Waals surface area contributed by atoms with E-state index in [2.05, 4.69) is 0 Å². The molecule has 0 aliphatic heterocycles. The number of alkyl halides is 36. The molecule has 0 aliphatic rings. The van der Waals surface area contributed by atoms with Crippen molar-refractivity contribution in [3.05, 3.63) is 187 Å². The number of nitrogen functional groups attached to an aromatic ring is 1. The molecule has 0 aliphatic carbocycles. The van der Waals surface area contributed by atoms with Crippen LogP contribution in [0.15, 0.2) is 109 Å². The first kappa shape index (κ1) is 127. The first-order valence-electron chi connectivity index (χ1n) is 35.9. The molecule has 748 valence electrons. The van der Waals surface area contributed by atoms with Gasteiger partial charge in [-0.15, -0.1) is 0 Å². The molecule has 0 atom stereocenters. The van der Waals surface area contributed by atoms with Gasteiger partial charge in [0.05, 0.1) is 79.7 Å². The monoisotopic (exact) mass is 2000 g/mol. The second-order valence-corrected chi connectivity index (χ2v) is 31.1. The van der Waals surface area contributed by atoms with Crippen LogP contribution in [0.2, 0.25) is 0 Å². The summed E-state index contributed by atoms with van der Waals surface area (Å²) in [6, 6.07) is 6.69. The molecular weight excluding hydrogens is 1910 g/mol. The van der Waals surface area contributed by atoms with Gasteiger partial charge in [-0.2, -0.15) is 158 Å². The second kappa shape index (κ2) is 47.4. The zero-order valence-electron chi connectivity index (χ0n) is 72.6. The van der Waals surface area contributed by atoms with Gasteiger partial charge in [0.25, 0.3) is 0 Å². The van der Waals surface area contributed by atoms with Crippen LogP contribution in [-0.4, -0.2) is 121 Å². The van der Waals surface area contributed by atoms with E-state index >= 15 is 0 Å². The van der Waals surface area contributed by atoms with Crippen molar-refractivity contribution in [1.29, 1.82) is 0 Å². The van der Waals surface area contributed by atoms with Gasteiger partial charge in [0.2, 0.25) is 5.91 Å². The van der Waals surface area contributed by atoms with Gasteiger partial charge in [-0.3, -0.25) is 19.2 Å². The van der Waals surface area contributed by atoms with Crippen molar-refractivity contribution in [3.8, 4) is 0 Å². The minimum Gasteiger partial charge on any atom is -1.00 e. The number of benzene rings is 6. The molecule has 5 N–H and O–H groups in total. The molecule has 6 aromatic carbocycles. The third kappa shape index (κ3) is 49.7. The van der Waals surface area contributed by atoms with Crippen molar-refractivity contribution in [2.75, 3.05) is 61.2 Å². The number of aryl methyl sites for hydroxylation is 1. The minimum absolute atomic E-state index is 0. The predicted octanol–water partition coefficient (Wildman–Crippen LogP) is 20.2. The van der Waals surface area contributed by atoms with E-state index in [-0.39, 0.29) is 91.7 Å². The Bertz CT molecular complexity index is 4520. The number of ether oxygens (including phenoxy) is 4. The molecule has 0 unspecified atom stereocenters. The van der Waals surface area contributed by atoms with Crippen LogP contribution in [0.1, 0.15) is 169 Å². The zero-order chi connectivity index (χ0) is 104. The molecule has 0 spiro atoms. The standard InChI is InChI=1S/C15H17F6NO2.C14H14F6O2.C11H10F6N2O.C11H9F6NO2.C10H8F6.C10H18O4.C8H5F6N.Al.Li.4H/c1-13(2,3)24-12(23)8-22(4)11-6-9(14(16,17)18)5-10(7-11)15(19,20)21;1-12(2,3)22-11(21)6-8-4-9(13(15,16)17)7-10(5-8)14(18,19)20;1-19(5-9(18)20)8-3-6(10(12,13)14)2-7(4-8)11(15,16)17;1-18(5-9(19)20)8-3-6(10(12,13)14)2-7(4-8)11(15,16)17;1-2-6-3-7(9(11,12)13)5-8(4-6)10(14,15)16;1-9(2,3)13-7(11)8(12)14-10(4,5)6;9-7(10,11)4-1-5(8(12,13)14)3-6(15)2-4;;;;;;/h5-7H,8H2,1-4H3;4-5,7H,6H2,1-3H3;2-4H,5H2,1H3,(H2,18,20);2-4H,5H2,1H3,(H,19,20);3-5H,2H2,1H3;1-6H3;1-3H,15H2;;;;;;/q;;;;;;;;+1;;;;-1. The Labute approximate surface area is 757 Å². The van der Waals surface area contributed by atoms with E-state index in [1.165, 1.54) is 41.8 Å². The van der Waals surface area contributed by atoms with Crippen LogP contribution in [0, 0.1) is 0 Å². The number of carbonyl (C=O) groups is 6. The molecule has 0 aromatic heterocycles. The summed E-state index contributed by atoms with van der Waals surface area (Å²) < 4.78 is 470. The van der Waals surface area contributed by atoms with Crippen LogP contribution in [0.25, 0.3) is 0 Å². The van der Waals surface area contributed by atoms with E-state index in [9.17, 15) is 187 Å². The van der Waals surface area contributed by atoms with Crippen LogP contribution in [0.3, 0.4) is 0 Å². The molecule has 1 amide bonds. The smallest absolute Gasteiger partial charge is 1.00 e. The summed E-state index contributed by atoms with van der Waals surface area (Å²) in [6.45, 7) is 19.3. The Hall–Kier alpha value is -10.1. The molecule has 6 rings (SSSR count). The second-order valence-electron chi connectivity index (χ2n) is 31.1. The number of halogens is 36. The van der Waals surface area contributed by atoms with Gasteiger partial charge in [-0.25, -0.2) is 9.59 Å². The van der Waals surface area contributed by atoms with Gasteiger partial charge < -0.3 is 51.6 Å². The molecule has 0 heterocycles. The summed E-state index contributed by atoms with van der Waals surface area (Å²) in [5, 5.41) is 8.52. The van der Waals surface area contributed by atoms with Crippen LogP contribution >= 0.6 is 0 Å². The number of aliphatic carboxylic acids is 1. The number of hydrogen-bond acceptors (Lipinski definition) is 14. The van der Waals surface area contributed by atoms with E-state index in [0.717, 1.165) is 33.9 Å². The van der Waals surface area contributed by atoms with Crippen molar-refractivity contribution >= 4 is 75.9 Å². The Morgan fingerprint density at radius 1 is 0.293 bits per heavy atom. The quantitative estimate of drug-likeness (QED) is 0.0259. The third-order valence-electron chi connectivity index (χ3n) is 14.6. The minimum atomic E-state index is -4.96. The maximum absolute atomic E-state index is 12.8. The Morgan fingerprint density at radius 3 is 0.662 bits per heavy atom. The fraction of sp³-hybridized carbons (Fsp3) is 0.468. The molecule has 16 nitrogen and oxygen atoms in total. The van der Waals surface area contributed by atoms with Crippen molar-refractivity contribution in [1.82, 2.24) is 0 Å². The topological polar surface area (TPSA) is 221 Å². The fourth-order valence-electron chi connectivity index (χ4n) is 9.26. The molecule has 0 saturated carbocycles. The Kier molecular flexibility index (Phi) is 45.3. The number of likely N-dealkylation sites (N-methyl/N-ethyl adjacent to an activating group) is 3. The van der Waals surface area contributed by atoms with E-state index in [0.29, 0.717) is 60.7 Å². The van der Waals surface area contributed by atoms with Crippen molar-refractivity contribution < 1.29 is 231 Å². The summed E-state index contributed by atoms with van der Waals surface area (Å²) in [7, 11) is 3.46. The zero-order valence-corrected chi connectivity index (χ0v) is 71.6. The third-order valence-corrected chi connectivity index (χ3v) is 14.6. The van der Waals surface area contributed by atoms with Crippen molar-refractivity contribution in [2.45, 2.75) is 199 Å². The molecule has 133 heavy (non-hydrogen) atoms. The maximum Gasteiger partial charge on any atom is 1.00 e. The molecule has 0 radical (unpaired) electrons. The molecular formula is C79H85AlF36LiN5O11. The van der Waals surface area contributed by atoms with E-state index < -0.39 is 248 Å². The van der Waals surface area contributed by atoms with Crippen LogP contribution < -0.4 is 45.0 Å². The summed E-state index contributed by atoms with van der Waals surface area (Å²) in [5.74, 6) is -5.83. The Morgan fingerprint density at radius 2 is 0.474 bits per heavy atom. The number of carboxylic acid groups (broad SMARTS) is 1.